The fraction of sp³-hybridized carbons (Fsp3) is 0.500. The van der Waals surface area contributed by atoms with Gasteiger partial charge in [-0.25, -0.2) is 19.7 Å². The number of amides is 1. The van der Waals surface area contributed by atoms with Crippen molar-refractivity contribution >= 4 is 29.4 Å². The lowest BCUT2D eigenvalue weighted by Crippen LogP contribution is -2.47. The number of nitrogens with zero attached hydrogens (tertiary/aromatic N) is 5. The molecular weight excluding hydrogens is 702 g/mol. The van der Waals surface area contributed by atoms with Gasteiger partial charge in [0.1, 0.15) is 6.61 Å². The van der Waals surface area contributed by atoms with Gasteiger partial charge >= 0.3 is 24.4 Å². The highest BCUT2D eigenvalue weighted by molar-refractivity contribution is 5.90. The van der Waals surface area contributed by atoms with Crippen LogP contribution in [0.2, 0.25) is 0 Å². The van der Waals surface area contributed by atoms with E-state index in [1.165, 1.54) is 32.1 Å². The minimum atomic E-state index is -5.02. The highest BCUT2D eigenvalue weighted by Crippen LogP contribution is 2.41. The number of aliphatic carboxylic acids is 1. The number of hydrogen-bond donors (Lipinski definition) is 2. The summed E-state index contributed by atoms with van der Waals surface area (Å²) in [5, 5.41) is 12.7. The van der Waals surface area contributed by atoms with Crippen LogP contribution in [0.3, 0.4) is 0 Å². The number of methoxy groups -OCH3 is 1. The molecule has 1 saturated heterocycles. The summed E-state index contributed by atoms with van der Waals surface area (Å²) in [4.78, 5) is 42.0. The van der Waals surface area contributed by atoms with Crippen molar-refractivity contribution in [1.29, 1.82) is 0 Å². The van der Waals surface area contributed by atoms with Gasteiger partial charge in [0.05, 0.1) is 71.9 Å². The number of rotatable bonds is 10. The number of benzene rings is 1. The van der Waals surface area contributed by atoms with E-state index in [9.17, 15) is 41.0 Å². The second kappa shape index (κ2) is 15.0. The molecule has 12 nitrogen and oxygen atoms in total. The normalized spacial score (nSPS) is 18.1. The van der Waals surface area contributed by atoms with Crippen LogP contribution >= 0.6 is 0 Å². The number of carbonyl (C=O) groups excluding carboxylic acids is 1. The van der Waals surface area contributed by atoms with Crippen molar-refractivity contribution in [1.82, 2.24) is 15.0 Å². The Balaban J connectivity index is 1.52. The fourth-order valence-corrected chi connectivity index (χ4v) is 5.96. The highest BCUT2D eigenvalue weighted by atomic mass is 19.4. The number of halogens is 6. The zero-order chi connectivity index (χ0) is 38.0. The van der Waals surface area contributed by atoms with Crippen LogP contribution < -0.4 is 19.9 Å². The molecule has 4 heterocycles. The number of pyridine rings is 1. The summed E-state index contributed by atoms with van der Waals surface area (Å²) in [6.45, 7) is 5.80. The van der Waals surface area contributed by atoms with Crippen molar-refractivity contribution in [2.24, 2.45) is 5.41 Å². The van der Waals surface area contributed by atoms with Crippen molar-refractivity contribution in [3.05, 3.63) is 64.6 Å². The van der Waals surface area contributed by atoms with E-state index in [4.69, 9.17) is 14.2 Å². The lowest BCUT2D eigenvalue weighted by Gasteiger charge is -2.39. The summed E-state index contributed by atoms with van der Waals surface area (Å²) in [7, 11) is 1.41. The van der Waals surface area contributed by atoms with Crippen LogP contribution in [0.25, 0.3) is 0 Å². The van der Waals surface area contributed by atoms with Gasteiger partial charge in [0.15, 0.2) is 0 Å². The molecule has 2 aliphatic heterocycles. The Hall–Kier alpha value is -4.87. The Bertz CT molecular complexity index is 1750. The number of nitrogens with one attached hydrogen (secondary N) is 1. The molecule has 0 unspecified atom stereocenters. The summed E-state index contributed by atoms with van der Waals surface area (Å²) in [5.41, 5.74) is -3.16. The van der Waals surface area contributed by atoms with E-state index in [-0.39, 0.29) is 42.0 Å². The molecule has 2 aliphatic rings. The molecule has 1 amide bonds. The SMILES string of the molecule is CC[C@@H]1C[C@H](Nc2ncc(N3CCOCC3)c(Cc3cc(C(F)(F)F)cc(C(F)(F)F)c3)n2)c2nc(OC)ccc2N1C(=O)OCC(C)(C)C(=O)O. The highest BCUT2D eigenvalue weighted by Gasteiger charge is 2.40. The van der Waals surface area contributed by atoms with Crippen LogP contribution in [-0.2, 0) is 33.0 Å². The zero-order valence-electron chi connectivity index (χ0n) is 28.8. The van der Waals surface area contributed by atoms with Crippen LogP contribution in [0.1, 0.15) is 67.7 Å². The second-order valence-corrected chi connectivity index (χ2v) is 13.1. The van der Waals surface area contributed by atoms with E-state index < -0.39 is 59.6 Å². The van der Waals surface area contributed by atoms with Crippen LogP contribution in [0.5, 0.6) is 5.88 Å². The Morgan fingerprint density at radius 1 is 1.00 bits per heavy atom. The molecule has 0 bridgehead atoms. The number of carbonyl (C=O) groups is 2. The maximum Gasteiger partial charge on any atom is 0.416 e. The van der Waals surface area contributed by atoms with Gasteiger partial charge in [-0.1, -0.05) is 6.92 Å². The first-order chi connectivity index (χ1) is 24.4. The number of alkyl halides is 6. The average molecular weight is 741 g/mol. The molecule has 282 valence electrons. The predicted molar refractivity (Wildman–Crippen MR) is 175 cm³/mol. The fourth-order valence-electron chi connectivity index (χ4n) is 5.96. The number of carboxylic acid groups (broad SMARTS) is 1. The molecule has 0 aliphatic carbocycles. The molecular formula is C34H38F6N6O6. The molecule has 2 N–H and O–H groups in total. The average Bonchev–Trinajstić information content (AvgIpc) is 3.09. The Labute approximate surface area is 295 Å². The predicted octanol–water partition coefficient (Wildman–Crippen LogP) is 6.73. The van der Waals surface area contributed by atoms with Gasteiger partial charge in [0.2, 0.25) is 11.8 Å². The van der Waals surface area contributed by atoms with E-state index in [1.54, 1.807) is 12.1 Å². The number of fused-ring (bicyclic) bond motifs is 1. The first-order valence-electron chi connectivity index (χ1n) is 16.4. The van der Waals surface area contributed by atoms with Crippen molar-refractivity contribution in [2.45, 2.75) is 64.5 Å². The lowest BCUT2D eigenvalue weighted by atomic mass is 9.93. The molecule has 3 aromatic rings. The Morgan fingerprint density at radius 2 is 1.65 bits per heavy atom. The number of ether oxygens (including phenoxy) is 3. The molecule has 52 heavy (non-hydrogen) atoms. The van der Waals surface area contributed by atoms with Gasteiger partial charge in [0.25, 0.3) is 0 Å². The molecule has 2 atom stereocenters. The summed E-state index contributed by atoms with van der Waals surface area (Å²) in [6, 6.07) is 3.47. The van der Waals surface area contributed by atoms with E-state index in [0.717, 1.165) is 0 Å². The number of hydrogen-bond acceptors (Lipinski definition) is 10. The second-order valence-electron chi connectivity index (χ2n) is 13.1. The Kier molecular flexibility index (Phi) is 11.1. The number of carboxylic acids is 1. The molecule has 0 saturated carbocycles. The first-order valence-corrected chi connectivity index (χ1v) is 16.4. The lowest BCUT2D eigenvalue weighted by molar-refractivity contribution is -0.149. The van der Waals surface area contributed by atoms with E-state index >= 15 is 0 Å². The summed E-state index contributed by atoms with van der Waals surface area (Å²) in [6.07, 6.45) is -9.05. The molecule has 5 rings (SSSR count). The van der Waals surface area contributed by atoms with Crippen LogP contribution in [0.4, 0.5) is 48.5 Å². The molecule has 2 aromatic heterocycles. The molecule has 1 aromatic carbocycles. The monoisotopic (exact) mass is 740 g/mol. The van der Waals surface area contributed by atoms with Gasteiger partial charge in [0, 0.05) is 31.6 Å². The Morgan fingerprint density at radius 3 is 2.23 bits per heavy atom. The molecule has 18 heteroatoms. The zero-order valence-corrected chi connectivity index (χ0v) is 28.8. The quantitative estimate of drug-likeness (QED) is 0.214. The smallest absolute Gasteiger partial charge is 0.416 e. The van der Waals surface area contributed by atoms with Gasteiger partial charge in [-0.15, -0.1) is 0 Å². The van der Waals surface area contributed by atoms with Crippen LogP contribution in [0.15, 0.2) is 36.5 Å². The van der Waals surface area contributed by atoms with Crippen molar-refractivity contribution in [3.8, 4) is 5.88 Å². The molecule has 1 fully saturated rings. The maximum atomic E-state index is 13.7. The van der Waals surface area contributed by atoms with Gasteiger partial charge < -0.3 is 29.5 Å². The van der Waals surface area contributed by atoms with Gasteiger partial charge in [-0.2, -0.15) is 26.3 Å². The van der Waals surface area contributed by atoms with E-state index in [1.807, 2.05) is 11.8 Å². The number of morpholine rings is 1. The van der Waals surface area contributed by atoms with Crippen LogP contribution in [0, 0.1) is 5.41 Å². The van der Waals surface area contributed by atoms with Gasteiger partial charge in [-0.05, 0) is 56.5 Å². The third kappa shape index (κ3) is 8.59. The van der Waals surface area contributed by atoms with E-state index in [2.05, 4.69) is 20.3 Å². The van der Waals surface area contributed by atoms with E-state index in [0.29, 0.717) is 61.9 Å². The van der Waals surface area contributed by atoms with Crippen molar-refractivity contribution in [2.75, 3.05) is 55.1 Å². The van der Waals surface area contributed by atoms with Gasteiger partial charge in [-0.3, -0.25) is 9.69 Å². The summed E-state index contributed by atoms with van der Waals surface area (Å²) >= 11 is 0. The minimum absolute atomic E-state index is 0.0182. The number of anilines is 3. The topological polar surface area (TPSA) is 139 Å². The minimum Gasteiger partial charge on any atom is -0.481 e. The first kappa shape index (κ1) is 38.4. The van der Waals surface area contributed by atoms with Crippen molar-refractivity contribution in [3.63, 3.8) is 0 Å². The number of aromatic nitrogens is 3. The standard InChI is InChI=1S/C34H38F6N6O6/c1-5-22-16-24(28-25(6-7-27(44-28)50-4)46(22)31(49)52-18-32(2,3)29(47)48)43-30-41-17-26(45-8-10-51-11-9-45)23(42-30)14-19-12-20(33(35,36)37)15-21(13-19)34(38,39)40/h6-7,12-13,15,17,22,24H,5,8-11,14,16,18H2,1-4H3,(H,47,48)(H,41,42,43)/t22-,24+/m1/s1. The summed E-state index contributed by atoms with van der Waals surface area (Å²) in [5.74, 6) is -0.908. The molecule has 0 spiro atoms. The van der Waals surface area contributed by atoms with Crippen molar-refractivity contribution < 1.29 is 55.2 Å². The molecule has 0 radical (unpaired) electrons. The van der Waals surface area contributed by atoms with Crippen LogP contribution in [-0.4, -0.2) is 78.2 Å². The third-order valence-corrected chi connectivity index (χ3v) is 8.87. The third-order valence-electron chi connectivity index (χ3n) is 8.87. The maximum absolute atomic E-state index is 13.7. The summed E-state index contributed by atoms with van der Waals surface area (Å²) < 4.78 is 98.5. The largest absolute Gasteiger partial charge is 0.481 e.